The van der Waals surface area contributed by atoms with E-state index in [2.05, 4.69) is 10.2 Å². The molecule has 0 saturated heterocycles. The van der Waals surface area contributed by atoms with E-state index in [1.807, 2.05) is 14.1 Å². The Morgan fingerprint density at radius 3 is 2.63 bits per heavy atom. The average Bonchev–Trinajstić information content (AvgIpc) is 2.28. The van der Waals surface area contributed by atoms with Gasteiger partial charge in [0.1, 0.15) is 5.69 Å². The van der Waals surface area contributed by atoms with Crippen LogP contribution in [0.5, 0.6) is 0 Å². The fraction of sp³-hybridized carbons (Fsp3) is 0.538. The number of benzene rings is 1. The minimum absolute atomic E-state index is 0.0285. The van der Waals surface area contributed by atoms with Crippen LogP contribution in [0.3, 0.4) is 0 Å². The molecular weight excluding hydrogens is 266 g/mol. The smallest absolute Gasteiger partial charge is 0.293 e. The van der Waals surface area contributed by atoms with Gasteiger partial charge in [-0.05, 0) is 39.4 Å². The summed E-state index contributed by atoms with van der Waals surface area (Å²) in [6.07, 6.45) is 3.40. The normalized spacial score (nSPS) is 17.1. The Labute approximate surface area is 117 Å². The van der Waals surface area contributed by atoms with Crippen molar-refractivity contribution in [3.8, 4) is 0 Å². The second kappa shape index (κ2) is 5.35. The Balaban J connectivity index is 2.17. The summed E-state index contributed by atoms with van der Waals surface area (Å²) in [7, 11) is 4.09. The molecule has 104 valence electrons. The topological polar surface area (TPSA) is 58.4 Å². The second-order valence-corrected chi connectivity index (χ2v) is 5.62. The summed E-state index contributed by atoms with van der Waals surface area (Å²) in [6.45, 7) is 0.671. The number of nitro groups is 1. The maximum absolute atomic E-state index is 11.0. The third-order valence-electron chi connectivity index (χ3n) is 4.02. The molecule has 6 heteroatoms. The van der Waals surface area contributed by atoms with E-state index < -0.39 is 4.92 Å². The fourth-order valence-electron chi connectivity index (χ4n) is 2.46. The molecule has 0 atom stereocenters. The zero-order valence-corrected chi connectivity index (χ0v) is 11.9. The van der Waals surface area contributed by atoms with E-state index in [1.54, 1.807) is 12.1 Å². The van der Waals surface area contributed by atoms with E-state index in [9.17, 15) is 10.1 Å². The molecule has 0 amide bonds. The number of likely N-dealkylation sites (N-methyl/N-ethyl adjacent to an activating group) is 1. The molecule has 0 spiro atoms. The molecule has 1 N–H and O–H groups in total. The van der Waals surface area contributed by atoms with Gasteiger partial charge >= 0.3 is 0 Å². The third kappa shape index (κ3) is 2.67. The molecule has 0 heterocycles. The molecule has 19 heavy (non-hydrogen) atoms. The first-order valence-electron chi connectivity index (χ1n) is 6.30. The summed E-state index contributed by atoms with van der Waals surface area (Å²) >= 11 is 6.06. The van der Waals surface area contributed by atoms with E-state index in [0.717, 1.165) is 12.8 Å². The highest BCUT2D eigenvalue weighted by atomic mass is 35.5. The van der Waals surface area contributed by atoms with Gasteiger partial charge in [-0.2, -0.15) is 0 Å². The van der Waals surface area contributed by atoms with E-state index in [4.69, 9.17) is 11.6 Å². The molecule has 1 aromatic rings. The lowest BCUT2D eigenvalue weighted by molar-refractivity contribution is -0.384. The van der Waals surface area contributed by atoms with E-state index >= 15 is 0 Å². The van der Waals surface area contributed by atoms with Gasteiger partial charge in [-0.25, -0.2) is 0 Å². The lowest BCUT2D eigenvalue weighted by Gasteiger charge is -2.47. The zero-order chi connectivity index (χ0) is 14.0. The Kier molecular flexibility index (Phi) is 3.96. The van der Waals surface area contributed by atoms with Crippen molar-refractivity contribution in [2.24, 2.45) is 0 Å². The quantitative estimate of drug-likeness (QED) is 0.666. The predicted molar refractivity (Wildman–Crippen MR) is 76.9 cm³/mol. The summed E-state index contributed by atoms with van der Waals surface area (Å²) in [5.41, 5.74) is 0.538. The molecule has 2 rings (SSSR count). The highest BCUT2D eigenvalue weighted by molar-refractivity contribution is 6.33. The fourth-order valence-corrected chi connectivity index (χ4v) is 2.70. The van der Waals surface area contributed by atoms with Crippen molar-refractivity contribution in [3.05, 3.63) is 33.3 Å². The van der Waals surface area contributed by atoms with Gasteiger partial charge in [0.25, 0.3) is 5.69 Å². The summed E-state index contributed by atoms with van der Waals surface area (Å²) in [5, 5.41) is 14.6. The molecule has 0 radical (unpaired) electrons. The molecule has 1 aromatic carbocycles. The molecule has 0 unspecified atom stereocenters. The molecule has 1 saturated carbocycles. The highest BCUT2D eigenvalue weighted by Crippen LogP contribution is 2.38. The van der Waals surface area contributed by atoms with E-state index in [-0.39, 0.29) is 11.2 Å². The number of para-hydroxylation sites is 1. The van der Waals surface area contributed by atoms with Crippen LogP contribution in [0, 0.1) is 10.1 Å². The van der Waals surface area contributed by atoms with Gasteiger partial charge < -0.3 is 10.2 Å². The summed E-state index contributed by atoms with van der Waals surface area (Å²) in [6, 6.07) is 4.73. The number of hydrogen-bond donors (Lipinski definition) is 1. The number of nitrogens with zero attached hydrogens (tertiary/aromatic N) is 2. The largest absolute Gasteiger partial charge is 0.376 e. The molecule has 1 aliphatic carbocycles. The highest BCUT2D eigenvalue weighted by Gasteiger charge is 2.39. The number of nitro benzene ring substituents is 1. The van der Waals surface area contributed by atoms with Crippen molar-refractivity contribution in [2.75, 3.05) is 26.0 Å². The van der Waals surface area contributed by atoms with Crippen LogP contribution in [0.15, 0.2) is 18.2 Å². The van der Waals surface area contributed by atoms with E-state index in [1.165, 1.54) is 12.5 Å². The lowest BCUT2D eigenvalue weighted by atomic mass is 9.75. The predicted octanol–water partition coefficient (Wildman–Crippen LogP) is 3.14. The van der Waals surface area contributed by atoms with Crippen LogP contribution in [0.2, 0.25) is 5.02 Å². The Morgan fingerprint density at radius 2 is 2.16 bits per heavy atom. The molecule has 0 bridgehead atoms. The zero-order valence-electron chi connectivity index (χ0n) is 11.1. The van der Waals surface area contributed by atoms with E-state index in [0.29, 0.717) is 17.3 Å². The van der Waals surface area contributed by atoms with Gasteiger partial charge in [-0.15, -0.1) is 0 Å². The van der Waals surface area contributed by atoms with Gasteiger partial charge in [0.05, 0.1) is 9.95 Å². The van der Waals surface area contributed by atoms with Crippen molar-refractivity contribution in [1.29, 1.82) is 0 Å². The van der Waals surface area contributed by atoms with Crippen molar-refractivity contribution in [3.63, 3.8) is 0 Å². The number of hydrogen-bond acceptors (Lipinski definition) is 4. The first kappa shape index (κ1) is 14.1. The van der Waals surface area contributed by atoms with Crippen LogP contribution in [0.4, 0.5) is 11.4 Å². The Hall–Kier alpha value is -1.33. The first-order chi connectivity index (χ1) is 8.96. The lowest BCUT2D eigenvalue weighted by Crippen LogP contribution is -2.54. The van der Waals surface area contributed by atoms with Gasteiger partial charge in [0.15, 0.2) is 0 Å². The van der Waals surface area contributed by atoms with Gasteiger partial charge in [-0.1, -0.05) is 17.7 Å². The maximum Gasteiger partial charge on any atom is 0.293 e. The maximum atomic E-state index is 11.0. The molecule has 1 fully saturated rings. The summed E-state index contributed by atoms with van der Waals surface area (Å²) in [5.74, 6) is 0. The minimum atomic E-state index is -0.405. The Morgan fingerprint density at radius 1 is 1.47 bits per heavy atom. The summed E-state index contributed by atoms with van der Waals surface area (Å²) in [4.78, 5) is 12.8. The van der Waals surface area contributed by atoms with Gasteiger partial charge in [0.2, 0.25) is 0 Å². The third-order valence-corrected chi connectivity index (χ3v) is 4.33. The van der Waals surface area contributed by atoms with Crippen LogP contribution in [-0.2, 0) is 0 Å². The molecule has 0 aliphatic heterocycles. The number of anilines is 1. The van der Waals surface area contributed by atoms with Crippen molar-refractivity contribution in [1.82, 2.24) is 4.90 Å². The van der Waals surface area contributed by atoms with Gasteiger partial charge in [0, 0.05) is 18.2 Å². The van der Waals surface area contributed by atoms with Crippen molar-refractivity contribution >= 4 is 23.0 Å². The molecule has 5 nitrogen and oxygen atoms in total. The number of nitrogens with one attached hydrogen (secondary N) is 1. The van der Waals surface area contributed by atoms with Crippen LogP contribution in [0.25, 0.3) is 0 Å². The SMILES string of the molecule is CN(C)C1(CNc2c(Cl)cccc2[N+](=O)[O-])CCC1. The molecule has 0 aromatic heterocycles. The Bertz CT molecular complexity index is 487. The van der Waals surface area contributed by atoms with Crippen LogP contribution in [-0.4, -0.2) is 36.0 Å². The van der Waals surface area contributed by atoms with Crippen LogP contribution < -0.4 is 5.32 Å². The minimum Gasteiger partial charge on any atom is -0.376 e. The monoisotopic (exact) mass is 283 g/mol. The van der Waals surface area contributed by atoms with Gasteiger partial charge in [-0.3, -0.25) is 10.1 Å². The molecule has 1 aliphatic rings. The number of rotatable bonds is 5. The van der Waals surface area contributed by atoms with Crippen LogP contribution >= 0.6 is 11.6 Å². The van der Waals surface area contributed by atoms with Crippen molar-refractivity contribution in [2.45, 2.75) is 24.8 Å². The van der Waals surface area contributed by atoms with Crippen LogP contribution in [0.1, 0.15) is 19.3 Å². The first-order valence-corrected chi connectivity index (χ1v) is 6.68. The average molecular weight is 284 g/mol. The standard InChI is InChI=1S/C13H18ClN3O2/c1-16(2)13(7-4-8-13)9-15-12-10(14)5-3-6-11(12)17(18)19/h3,5-6,15H,4,7-9H2,1-2H3. The molecular formula is C13H18ClN3O2. The second-order valence-electron chi connectivity index (χ2n) is 5.22. The summed E-state index contributed by atoms with van der Waals surface area (Å²) < 4.78 is 0. The number of halogens is 1. The van der Waals surface area contributed by atoms with Crippen molar-refractivity contribution < 1.29 is 4.92 Å².